The summed E-state index contributed by atoms with van der Waals surface area (Å²) >= 11 is 0. The van der Waals surface area contributed by atoms with Gasteiger partial charge in [-0.1, -0.05) is 6.07 Å². The number of fused-ring (bicyclic) bond motifs is 1. The molecule has 0 spiro atoms. The van der Waals surface area contributed by atoms with Gasteiger partial charge in [-0.25, -0.2) is 4.40 Å². The van der Waals surface area contributed by atoms with Crippen molar-refractivity contribution in [2.24, 2.45) is 5.92 Å². The normalized spacial score (nSPS) is 17.6. The van der Waals surface area contributed by atoms with E-state index >= 15 is 0 Å². The monoisotopic (exact) mass is 232 g/mol. The van der Waals surface area contributed by atoms with Gasteiger partial charge in [0.2, 0.25) is 0 Å². The molecule has 0 saturated carbocycles. The maximum absolute atomic E-state index is 11.8. The Bertz CT molecular complexity index is 565. The minimum Gasteiger partial charge on any atom is -0.317 e. The summed E-state index contributed by atoms with van der Waals surface area (Å²) in [7, 11) is 0. The van der Waals surface area contributed by atoms with Crippen LogP contribution in [0.4, 0.5) is 0 Å². The van der Waals surface area contributed by atoms with E-state index in [1.807, 2.05) is 6.07 Å². The van der Waals surface area contributed by atoms with Crippen molar-refractivity contribution in [3.63, 3.8) is 0 Å². The summed E-state index contributed by atoms with van der Waals surface area (Å²) in [6.07, 6.45) is 3.21. The van der Waals surface area contributed by atoms with E-state index in [9.17, 15) is 4.79 Å². The molecule has 17 heavy (non-hydrogen) atoms. The number of hydrogen-bond donors (Lipinski definition) is 2. The van der Waals surface area contributed by atoms with Crippen LogP contribution in [0.15, 0.2) is 23.0 Å². The highest BCUT2D eigenvalue weighted by atomic mass is 16.1. The van der Waals surface area contributed by atoms with Crippen LogP contribution in [0.2, 0.25) is 0 Å². The minimum atomic E-state index is 0.000171. The van der Waals surface area contributed by atoms with Gasteiger partial charge in [0, 0.05) is 12.5 Å². The Balaban J connectivity index is 1.92. The molecule has 3 rings (SSSR count). The topological polar surface area (TPSA) is 62.2 Å². The fourth-order valence-corrected chi connectivity index (χ4v) is 2.50. The maximum Gasteiger partial charge on any atom is 0.257 e. The zero-order valence-corrected chi connectivity index (χ0v) is 9.65. The average molecular weight is 232 g/mol. The smallest absolute Gasteiger partial charge is 0.257 e. The third-order valence-electron chi connectivity index (χ3n) is 3.44. The van der Waals surface area contributed by atoms with Gasteiger partial charge in [0.05, 0.1) is 0 Å². The third kappa shape index (κ3) is 1.98. The SMILES string of the molecule is O=c1cccc2[nH]nc(CC3CCNCC3)n12. The molecule has 0 bridgehead atoms. The molecule has 1 saturated heterocycles. The Morgan fingerprint density at radius 2 is 2.18 bits per heavy atom. The van der Waals surface area contributed by atoms with Crippen LogP contribution in [-0.4, -0.2) is 27.7 Å². The molecule has 3 heterocycles. The first kappa shape index (κ1) is 10.5. The van der Waals surface area contributed by atoms with Crippen LogP contribution in [0.1, 0.15) is 18.7 Å². The zero-order valence-electron chi connectivity index (χ0n) is 9.65. The Labute approximate surface area is 98.9 Å². The van der Waals surface area contributed by atoms with Crippen LogP contribution in [0.25, 0.3) is 5.65 Å². The summed E-state index contributed by atoms with van der Waals surface area (Å²) < 4.78 is 1.68. The van der Waals surface area contributed by atoms with E-state index in [0.29, 0.717) is 5.92 Å². The highest BCUT2D eigenvalue weighted by molar-refractivity contribution is 5.37. The lowest BCUT2D eigenvalue weighted by Crippen LogP contribution is -2.29. The first-order chi connectivity index (χ1) is 8.34. The number of rotatable bonds is 2. The molecule has 2 aromatic rings. The van der Waals surface area contributed by atoms with Gasteiger partial charge in [-0.2, -0.15) is 5.10 Å². The predicted molar refractivity (Wildman–Crippen MR) is 65.1 cm³/mol. The average Bonchev–Trinajstić information content (AvgIpc) is 2.75. The predicted octanol–water partition coefficient (Wildman–Crippen LogP) is 0.565. The third-order valence-corrected chi connectivity index (χ3v) is 3.44. The van der Waals surface area contributed by atoms with Gasteiger partial charge in [0.25, 0.3) is 5.56 Å². The van der Waals surface area contributed by atoms with E-state index in [1.165, 1.54) is 0 Å². The van der Waals surface area contributed by atoms with Crippen LogP contribution < -0.4 is 10.9 Å². The van der Waals surface area contributed by atoms with Gasteiger partial charge in [0.1, 0.15) is 11.5 Å². The second kappa shape index (κ2) is 4.33. The molecule has 5 nitrogen and oxygen atoms in total. The Hall–Kier alpha value is -1.62. The quantitative estimate of drug-likeness (QED) is 0.795. The molecule has 0 amide bonds. The second-order valence-electron chi connectivity index (χ2n) is 4.62. The van der Waals surface area contributed by atoms with E-state index in [2.05, 4.69) is 15.5 Å². The van der Waals surface area contributed by atoms with Gasteiger partial charge in [-0.3, -0.25) is 9.89 Å². The number of nitrogens with zero attached hydrogens (tertiary/aromatic N) is 2. The van der Waals surface area contributed by atoms with Crippen molar-refractivity contribution in [2.45, 2.75) is 19.3 Å². The number of aromatic nitrogens is 3. The van der Waals surface area contributed by atoms with Crippen molar-refractivity contribution in [3.8, 4) is 0 Å². The number of pyridine rings is 1. The Kier molecular flexibility index (Phi) is 2.68. The van der Waals surface area contributed by atoms with Crippen molar-refractivity contribution in [3.05, 3.63) is 34.4 Å². The number of nitrogens with one attached hydrogen (secondary N) is 2. The van der Waals surface area contributed by atoms with Crippen LogP contribution in [-0.2, 0) is 6.42 Å². The van der Waals surface area contributed by atoms with E-state index in [4.69, 9.17) is 0 Å². The highest BCUT2D eigenvalue weighted by Gasteiger charge is 2.16. The summed E-state index contributed by atoms with van der Waals surface area (Å²) in [6, 6.07) is 5.21. The lowest BCUT2D eigenvalue weighted by molar-refractivity contribution is 0.366. The van der Waals surface area contributed by atoms with Gasteiger partial charge < -0.3 is 5.32 Å². The molecule has 2 aromatic heterocycles. The molecule has 0 aliphatic carbocycles. The summed E-state index contributed by atoms with van der Waals surface area (Å²) in [5.41, 5.74) is 0.779. The molecule has 2 N–H and O–H groups in total. The van der Waals surface area contributed by atoms with Crippen LogP contribution in [0.3, 0.4) is 0 Å². The fourth-order valence-electron chi connectivity index (χ4n) is 2.50. The van der Waals surface area contributed by atoms with Gasteiger partial charge >= 0.3 is 0 Å². The minimum absolute atomic E-state index is 0.000171. The van der Waals surface area contributed by atoms with Crippen LogP contribution in [0, 0.1) is 5.92 Å². The van der Waals surface area contributed by atoms with Crippen LogP contribution in [0.5, 0.6) is 0 Å². The van der Waals surface area contributed by atoms with E-state index < -0.39 is 0 Å². The van der Waals surface area contributed by atoms with Crippen molar-refractivity contribution < 1.29 is 0 Å². The molecule has 1 aliphatic rings. The summed E-state index contributed by atoms with van der Waals surface area (Å²) in [5, 5.41) is 10.5. The van der Waals surface area contributed by atoms with E-state index in [-0.39, 0.29) is 5.56 Å². The van der Waals surface area contributed by atoms with Crippen molar-refractivity contribution >= 4 is 5.65 Å². The first-order valence-corrected chi connectivity index (χ1v) is 6.10. The molecule has 1 fully saturated rings. The largest absolute Gasteiger partial charge is 0.317 e. The summed E-state index contributed by atoms with van der Waals surface area (Å²) in [5.74, 6) is 1.49. The molecule has 5 heteroatoms. The number of piperidine rings is 1. The van der Waals surface area contributed by atoms with Crippen molar-refractivity contribution in [1.82, 2.24) is 19.9 Å². The Morgan fingerprint density at radius 3 is 3.00 bits per heavy atom. The molecule has 0 aromatic carbocycles. The Morgan fingerprint density at radius 1 is 1.35 bits per heavy atom. The van der Waals surface area contributed by atoms with Gasteiger partial charge in [0.15, 0.2) is 0 Å². The van der Waals surface area contributed by atoms with Gasteiger partial charge in [-0.15, -0.1) is 0 Å². The highest BCUT2D eigenvalue weighted by Crippen LogP contribution is 2.16. The number of hydrogen-bond acceptors (Lipinski definition) is 3. The van der Waals surface area contributed by atoms with Gasteiger partial charge in [-0.05, 0) is 37.9 Å². The maximum atomic E-state index is 11.8. The molecular weight excluding hydrogens is 216 g/mol. The standard InChI is InChI=1S/C12H16N4O/c17-12-3-1-2-10-14-15-11(16(10)12)8-9-4-6-13-7-5-9/h1-3,9,13-14H,4-8H2. The molecule has 0 unspecified atom stereocenters. The molecule has 0 atom stereocenters. The lowest BCUT2D eigenvalue weighted by Gasteiger charge is -2.21. The van der Waals surface area contributed by atoms with Crippen molar-refractivity contribution in [2.75, 3.05) is 13.1 Å². The fraction of sp³-hybridized carbons (Fsp3) is 0.500. The summed E-state index contributed by atoms with van der Waals surface area (Å²) in [6.45, 7) is 2.14. The first-order valence-electron chi connectivity index (χ1n) is 6.10. The van der Waals surface area contributed by atoms with Crippen LogP contribution >= 0.6 is 0 Å². The number of H-pyrrole nitrogens is 1. The summed E-state index contributed by atoms with van der Waals surface area (Å²) in [4.78, 5) is 11.8. The lowest BCUT2D eigenvalue weighted by atomic mass is 9.94. The van der Waals surface area contributed by atoms with E-state index in [0.717, 1.165) is 43.8 Å². The number of aromatic amines is 1. The molecule has 0 radical (unpaired) electrons. The molecule has 90 valence electrons. The zero-order chi connectivity index (χ0) is 11.7. The molecular formula is C12H16N4O. The molecule has 1 aliphatic heterocycles. The van der Waals surface area contributed by atoms with E-state index in [1.54, 1.807) is 16.5 Å². The van der Waals surface area contributed by atoms with Crippen molar-refractivity contribution in [1.29, 1.82) is 0 Å². The second-order valence-corrected chi connectivity index (χ2v) is 4.62.